The van der Waals surface area contributed by atoms with E-state index < -0.39 is 0 Å². The molecule has 0 saturated carbocycles. The Kier molecular flexibility index (Phi) is 2.96. The molecule has 1 aromatic rings. The van der Waals surface area contributed by atoms with Crippen LogP contribution in [0.2, 0.25) is 0 Å². The molecular formula is C15H20N2O. The summed E-state index contributed by atoms with van der Waals surface area (Å²) < 4.78 is 0. The Morgan fingerprint density at radius 2 is 1.94 bits per heavy atom. The van der Waals surface area contributed by atoms with Crippen molar-refractivity contribution in [2.75, 3.05) is 20.1 Å². The highest BCUT2D eigenvalue weighted by atomic mass is 16.1. The number of fused-ring (bicyclic) bond motifs is 2. The van der Waals surface area contributed by atoms with E-state index in [1.165, 1.54) is 6.42 Å². The van der Waals surface area contributed by atoms with Crippen molar-refractivity contribution in [3.05, 3.63) is 35.9 Å². The maximum absolute atomic E-state index is 12.0. The number of likely N-dealkylation sites (N-methyl/N-ethyl adjacent to an activating group) is 1. The van der Waals surface area contributed by atoms with Gasteiger partial charge in [-0.1, -0.05) is 30.3 Å². The van der Waals surface area contributed by atoms with Gasteiger partial charge in [0.05, 0.1) is 6.04 Å². The molecular weight excluding hydrogens is 224 g/mol. The van der Waals surface area contributed by atoms with Gasteiger partial charge in [-0.15, -0.1) is 0 Å². The minimum atomic E-state index is -0.0464. The number of nitrogens with zero attached hydrogens (tertiary/aromatic N) is 2. The summed E-state index contributed by atoms with van der Waals surface area (Å²) in [4.78, 5) is 16.9. The Morgan fingerprint density at radius 1 is 1.22 bits per heavy atom. The zero-order valence-corrected chi connectivity index (χ0v) is 11.0. The zero-order valence-electron chi connectivity index (χ0n) is 11.0. The minimum absolute atomic E-state index is 0.0464. The van der Waals surface area contributed by atoms with Gasteiger partial charge in [-0.05, 0) is 26.0 Å². The number of hydrogen-bond acceptors (Lipinski definition) is 3. The number of carbonyl (C=O) groups is 1. The van der Waals surface area contributed by atoms with Gasteiger partial charge in [0, 0.05) is 25.2 Å². The Balaban J connectivity index is 1.87. The molecule has 2 aliphatic rings. The summed E-state index contributed by atoms with van der Waals surface area (Å²) in [6.45, 7) is 3.84. The fraction of sp³-hybridized carbons (Fsp3) is 0.533. The molecule has 2 unspecified atom stereocenters. The summed E-state index contributed by atoms with van der Waals surface area (Å²) in [6.07, 6.45) is 1.22. The van der Waals surface area contributed by atoms with Crippen molar-refractivity contribution in [1.29, 1.82) is 0 Å². The third-order valence-corrected chi connectivity index (χ3v) is 4.39. The van der Waals surface area contributed by atoms with E-state index in [2.05, 4.69) is 29.0 Å². The average Bonchev–Trinajstić information content (AvgIpc) is 2.89. The topological polar surface area (TPSA) is 23.6 Å². The summed E-state index contributed by atoms with van der Waals surface area (Å²) in [5.74, 6) is 0.261. The molecule has 0 N–H and O–H groups in total. The van der Waals surface area contributed by atoms with Crippen LogP contribution in [-0.2, 0) is 4.79 Å². The number of rotatable bonds is 3. The van der Waals surface area contributed by atoms with E-state index >= 15 is 0 Å². The molecule has 3 rings (SSSR count). The SMILES string of the molecule is CC(=O)C(c1ccccc1)N1C[C@H]2CC1CN2C. The molecule has 2 saturated heterocycles. The highest BCUT2D eigenvalue weighted by molar-refractivity contribution is 5.83. The van der Waals surface area contributed by atoms with Crippen molar-refractivity contribution in [2.45, 2.75) is 31.5 Å². The van der Waals surface area contributed by atoms with Gasteiger partial charge in [0.1, 0.15) is 0 Å². The van der Waals surface area contributed by atoms with E-state index in [9.17, 15) is 4.79 Å². The number of Topliss-reactive ketones (excluding diaryl/α,β-unsaturated/α-hetero) is 1. The van der Waals surface area contributed by atoms with Gasteiger partial charge in [-0.2, -0.15) is 0 Å². The van der Waals surface area contributed by atoms with Crippen molar-refractivity contribution >= 4 is 5.78 Å². The first kappa shape index (κ1) is 11.9. The van der Waals surface area contributed by atoms with E-state index in [-0.39, 0.29) is 11.8 Å². The number of piperazine rings is 1. The van der Waals surface area contributed by atoms with Crippen LogP contribution in [-0.4, -0.2) is 47.8 Å². The van der Waals surface area contributed by atoms with Crippen LogP contribution in [0.4, 0.5) is 0 Å². The third kappa shape index (κ3) is 1.88. The van der Waals surface area contributed by atoms with E-state index in [4.69, 9.17) is 0 Å². The molecule has 3 nitrogen and oxygen atoms in total. The first-order chi connectivity index (χ1) is 8.66. The highest BCUT2D eigenvalue weighted by Crippen LogP contribution is 2.36. The van der Waals surface area contributed by atoms with E-state index in [1.807, 2.05) is 18.2 Å². The molecule has 96 valence electrons. The fourth-order valence-corrected chi connectivity index (χ4v) is 3.51. The maximum Gasteiger partial charge on any atom is 0.151 e. The average molecular weight is 244 g/mol. The molecule has 0 radical (unpaired) electrons. The molecule has 2 heterocycles. The normalized spacial score (nSPS) is 29.7. The van der Waals surface area contributed by atoms with Crippen molar-refractivity contribution in [3.63, 3.8) is 0 Å². The summed E-state index contributed by atoms with van der Waals surface area (Å²) in [5, 5.41) is 0. The van der Waals surface area contributed by atoms with Gasteiger partial charge < -0.3 is 4.90 Å². The molecule has 18 heavy (non-hydrogen) atoms. The lowest BCUT2D eigenvalue weighted by Gasteiger charge is -2.36. The molecule has 2 bridgehead atoms. The van der Waals surface area contributed by atoms with Gasteiger partial charge >= 0.3 is 0 Å². The lowest BCUT2D eigenvalue weighted by Crippen LogP contribution is -2.47. The van der Waals surface area contributed by atoms with E-state index in [0.29, 0.717) is 12.1 Å². The van der Waals surface area contributed by atoms with Crippen LogP contribution in [0.15, 0.2) is 30.3 Å². The lowest BCUT2D eigenvalue weighted by atomic mass is 10.0. The Hall–Kier alpha value is -1.19. The molecule has 0 aliphatic carbocycles. The molecule has 3 heteroatoms. The lowest BCUT2D eigenvalue weighted by molar-refractivity contribution is -0.123. The summed E-state index contributed by atoms with van der Waals surface area (Å²) >= 11 is 0. The minimum Gasteiger partial charge on any atom is -0.301 e. The van der Waals surface area contributed by atoms with Crippen molar-refractivity contribution in [2.24, 2.45) is 0 Å². The predicted molar refractivity (Wildman–Crippen MR) is 71.4 cm³/mol. The van der Waals surface area contributed by atoms with Gasteiger partial charge in [0.25, 0.3) is 0 Å². The first-order valence-corrected chi connectivity index (χ1v) is 6.68. The van der Waals surface area contributed by atoms with Gasteiger partial charge in [-0.3, -0.25) is 9.69 Å². The van der Waals surface area contributed by atoms with Crippen molar-refractivity contribution < 1.29 is 4.79 Å². The Morgan fingerprint density at radius 3 is 2.44 bits per heavy atom. The number of carbonyl (C=O) groups excluding carboxylic acids is 1. The van der Waals surface area contributed by atoms with Gasteiger partial charge in [-0.25, -0.2) is 0 Å². The zero-order chi connectivity index (χ0) is 12.7. The quantitative estimate of drug-likeness (QED) is 0.808. The number of benzene rings is 1. The molecule has 2 aliphatic heterocycles. The molecule has 0 amide bonds. The maximum atomic E-state index is 12.0. The number of hydrogen-bond donors (Lipinski definition) is 0. The second-order valence-electron chi connectivity index (χ2n) is 5.60. The first-order valence-electron chi connectivity index (χ1n) is 6.68. The third-order valence-electron chi connectivity index (χ3n) is 4.39. The monoisotopic (exact) mass is 244 g/mol. The van der Waals surface area contributed by atoms with Crippen LogP contribution in [0.5, 0.6) is 0 Å². The largest absolute Gasteiger partial charge is 0.301 e. The summed E-state index contributed by atoms with van der Waals surface area (Å²) in [5.41, 5.74) is 1.14. The highest BCUT2D eigenvalue weighted by Gasteiger charge is 2.45. The molecule has 0 aromatic heterocycles. The smallest absolute Gasteiger partial charge is 0.151 e. The van der Waals surface area contributed by atoms with Gasteiger partial charge in [0.2, 0.25) is 0 Å². The molecule has 3 atom stereocenters. The van der Waals surface area contributed by atoms with Gasteiger partial charge in [0.15, 0.2) is 5.78 Å². The van der Waals surface area contributed by atoms with E-state index in [0.717, 1.165) is 18.7 Å². The van der Waals surface area contributed by atoms with Crippen LogP contribution >= 0.6 is 0 Å². The van der Waals surface area contributed by atoms with Crippen LogP contribution < -0.4 is 0 Å². The molecule has 1 aromatic carbocycles. The Labute approximate surface area is 108 Å². The van der Waals surface area contributed by atoms with Crippen molar-refractivity contribution in [1.82, 2.24) is 9.80 Å². The standard InChI is InChI=1S/C15H20N2O/c1-11(18)15(12-6-4-3-5-7-12)17-10-13-8-14(17)9-16(13)2/h3-7,13-15H,8-10H2,1-2H3/t13-,14?,15?/m1/s1. The van der Waals surface area contributed by atoms with E-state index in [1.54, 1.807) is 6.92 Å². The Bertz CT molecular complexity index is 443. The molecule has 2 fully saturated rings. The van der Waals surface area contributed by atoms with Crippen LogP contribution in [0.3, 0.4) is 0 Å². The fourth-order valence-electron chi connectivity index (χ4n) is 3.51. The predicted octanol–water partition coefficient (Wildman–Crippen LogP) is 1.71. The second-order valence-corrected chi connectivity index (χ2v) is 5.60. The summed E-state index contributed by atoms with van der Waals surface area (Å²) in [6, 6.07) is 11.3. The van der Waals surface area contributed by atoms with Crippen LogP contribution in [0.1, 0.15) is 24.9 Å². The number of ketones is 1. The molecule has 0 spiro atoms. The number of likely N-dealkylation sites (tertiary alicyclic amines) is 2. The van der Waals surface area contributed by atoms with Crippen LogP contribution in [0, 0.1) is 0 Å². The second kappa shape index (κ2) is 4.48. The summed E-state index contributed by atoms with van der Waals surface area (Å²) in [7, 11) is 2.19. The van der Waals surface area contributed by atoms with Crippen LogP contribution in [0.25, 0.3) is 0 Å². The van der Waals surface area contributed by atoms with Crippen molar-refractivity contribution in [3.8, 4) is 0 Å².